The lowest BCUT2D eigenvalue weighted by Crippen LogP contribution is -2.33. The van der Waals surface area contributed by atoms with Gasteiger partial charge in [0.2, 0.25) is 0 Å². The van der Waals surface area contributed by atoms with Gasteiger partial charge in [0.1, 0.15) is 5.82 Å². The molecular formula is C23H24FNO4S. The number of aryl methyl sites for hydroxylation is 1. The fourth-order valence-corrected chi connectivity index (χ4v) is 4.95. The summed E-state index contributed by atoms with van der Waals surface area (Å²) in [7, 11) is -1.00. The number of nitrogens with zero attached hydrogens (tertiary/aromatic N) is 1. The molecule has 0 saturated carbocycles. The highest BCUT2D eigenvalue weighted by atomic mass is 32.2. The second-order valence-corrected chi connectivity index (χ2v) is 8.70. The van der Waals surface area contributed by atoms with Gasteiger partial charge in [-0.1, -0.05) is 29.8 Å². The fraction of sp³-hybridized carbons (Fsp3) is 0.217. The zero-order valence-corrected chi connectivity index (χ0v) is 18.1. The van der Waals surface area contributed by atoms with Crippen LogP contribution in [0.1, 0.15) is 24.1 Å². The maximum atomic E-state index is 13.6. The van der Waals surface area contributed by atoms with Crippen LogP contribution in [0.4, 0.5) is 10.1 Å². The molecule has 0 unspecified atom stereocenters. The molecule has 5 nitrogen and oxygen atoms in total. The highest BCUT2D eigenvalue weighted by Gasteiger charge is 2.31. The Morgan fingerprint density at radius 3 is 2.17 bits per heavy atom. The largest absolute Gasteiger partial charge is 0.493 e. The van der Waals surface area contributed by atoms with Gasteiger partial charge in [-0.3, -0.25) is 4.31 Å². The van der Waals surface area contributed by atoms with Gasteiger partial charge in [0.05, 0.1) is 30.8 Å². The molecule has 3 aromatic carbocycles. The van der Waals surface area contributed by atoms with Gasteiger partial charge in [-0.25, -0.2) is 12.8 Å². The number of hydrogen-bond acceptors (Lipinski definition) is 4. The Bertz CT molecular complexity index is 1130. The van der Waals surface area contributed by atoms with Crippen molar-refractivity contribution in [3.05, 3.63) is 83.7 Å². The van der Waals surface area contributed by atoms with Crippen molar-refractivity contribution in [3.63, 3.8) is 0 Å². The normalized spacial score (nSPS) is 12.3. The van der Waals surface area contributed by atoms with Crippen LogP contribution in [0.15, 0.2) is 71.6 Å². The van der Waals surface area contributed by atoms with Crippen LogP contribution in [0.3, 0.4) is 0 Å². The third kappa shape index (κ3) is 4.26. The zero-order chi connectivity index (χ0) is 21.9. The summed E-state index contributed by atoms with van der Waals surface area (Å²) in [5, 5.41) is 0. The van der Waals surface area contributed by atoms with E-state index < -0.39 is 21.9 Å². The van der Waals surface area contributed by atoms with Crippen LogP contribution in [0, 0.1) is 12.7 Å². The van der Waals surface area contributed by atoms with Gasteiger partial charge in [0.25, 0.3) is 10.0 Å². The van der Waals surface area contributed by atoms with Gasteiger partial charge >= 0.3 is 0 Å². The van der Waals surface area contributed by atoms with Crippen LogP contribution in [-0.2, 0) is 10.0 Å². The number of sulfonamides is 1. The Hall–Kier alpha value is -3.06. The first kappa shape index (κ1) is 21.6. The molecule has 7 heteroatoms. The minimum absolute atomic E-state index is 0.00168. The van der Waals surface area contributed by atoms with Crippen LogP contribution in [0.5, 0.6) is 11.5 Å². The number of rotatable bonds is 7. The Kier molecular flexibility index (Phi) is 6.31. The SMILES string of the molecule is COc1ccc(N([C@@H](C)c2cccc(C)c2)S(=O)(=O)c2ccc(F)cc2)cc1OC. The van der Waals surface area contributed by atoms with Crippen molar-refractivity contribution in [3.8, 4) is 11.5 Å². The zero-order valence-electron chi connectivity index (χ0n) is 17.3. The first-order chi connectivity index (χ1) is 14.3. The van der Waals surface area contributed by atoms with Gasteiger partial charge < -0.3 is 9.47 Å². The number of methoxy groups -OCH3 is 2. The third-order valence-corrected chi connectivity index (χ3v) is 6.78. The van der Waals surface area contributed by atoms with Gasteiger partial charge in [-0.05, 0) is 55.8 Å². The lowest BCUT2D eigenvalue weighted by atomic mass is 10.1. The third-order valence-electron chi connectivity index (χ3n) is 4.87. The minimum Gasteiger partial charge on any atom is -0.493 e. The summed E-state index contributed by atoms with van der Waals surface area (Å²) < 4.78 is 52.6. The lowest BCUT2D eigenvalue weighted by molar-refractivity contribution is 0.355. The van der Waals surface area contributed by atoms with Crippen LogP contribution >= 0.6 is 0 Å². The monoisotopic (exact) mass is 429 g/mol. The Balaban J connectivity index is 2.19. The van der Waals surface area contributed by atoms with Crippen molar-refractivity contribution in [1.82, 2.24) is 0 Å². The highest BCUT2D eigenvalue weighted by molar-refractivity contribution is 7.92. The summed E-state index contributed by atoms with van der Waals surface area (Å²) in [6.45, 7) is 3.76. The van der Waals surface area contributed by atoms with Crippen molar-refractivity contribution in [2.24, 2.45) is 0 Å². The van der Waals surface area contributed by atoms with E-state index in [4.69, 9.17) is 9.47 Å². The molecule has 0 bridgehead atoms. The Morgan fingerprint density at radius 1 is 0.900 bits per heavy atom. The predicted octanol–water partition coefficient (Wildman–Crippen LogP) is 5.11. The molecule has 0 aliphatic heterocycles. The molecule has 3 rings (SSSR count). The molecule has 0 aliphatic carbocycles. The molecule has 1 atom stereocenters. The molecule has 0 spiro atoms. The number of halogens is 1. The van der Waals surface area contributed by atoms with Crippen molar-refractivity contribution in [2.75, 3.05) is 18.5 Å². The van der Waals surface area contributed by atoms with E-state index in [1.165, 1.54) is 30.7 Å². The van der Waals surface area contributed by atoms with E-state index in [0.29, 0.717) is 17.2 Å². The summed E-state index contributed by atoms with van der Waals surface area (Å²) in [5.74, 6) is 0.396. The molecule has 30 heavy (non-hydrogen) atoms. The number of hydrogen-bond donors (Lipinski definition) is 0. The summed E-state index contributed by atoms with van der Waals surface area (Å²) >= 11 is 0. The van der Waals surface area contributed by atoms with E-state index in [1.54, 1.807) is 18.2 Å². The average molecular weight is 430 g/mol. The highest BCUT2D eigenvalue weighted by Crippen LogP contribution is 2.38. The molecule has 3 aromatic rings. The van der Waals surface area contributed by atoms with Crippen LogP contribution in [0.2, 0.25) is 0 Å². The molecule has 0 heterocycles. The molecule has 0 N–H and O–H groups in total. The van der Waals surface area contributed by atoms with E-state index in [2.05, 4.69) is 0 Å². The molecule has 158 valence electrons. The smallest absolute Gasteiger partial charge is 0.264 e. The first-order valence-electron chi connectivity index (χ1n) is 9.36. The van der Waals surface area contributed by atoms with Crippen LogP contribution < -0.4 is 13.8 Å². The predicted molar refractivity (Wildman–Crippen MR) is 115 cm³/mol. The van der Waals surface area contributed by atoms with Crippen molar-refractivity contribution in [2.45, 2.75) is 24.8 Å². The molecule has 0 amide bonds. The second kappa shape index (κ2) is 8.75. The number of benzene rings is 3. The standard InChI is InChI=1S/C23H24FNO4S/c1-16-6-5-7-18(14-16)17(2)25(20-10-13-22(28-3)23(15-20)29-4)30(26,27)21-11-8-19(24)9-12-21/h5-15,17H,1-4H3/t17-/m0/s1. The average Bonchev–Trinajstić information content (AvgIpc) is 2.73. The van der Waals surface area contributed by atoms with Crippen molar-refractivity contribution >= 4 is 15.7 Å². The van der Waals surface area contributed by atoms with E-state index in [1.807, 2.05) is 38.1 Å². The van der Waals surface area contributed by atoms with E-state index in [9.17, 15) is 12.8 Å². The van der Waals surface area contributed by atoms with Crippen molar-refractivity contribution in [1.29, 1.82) is 0 Å². The maximum Gasteiger partial charge on any atom is 0.264 e. The molecule has 0 saturated heterocycles. The molecule has 0 aromatic heterocycles. The Labute approximate surface area is 176 Å². The number of anilines is 1. The fourth-order valence-electron chi connectivity index (χ4n) is 3.32. The quantitative estimate of drug-likeness (QED) is 0.524. The topological polar surface area (TPSA) is 55.8 Å². The first-order valence-corrected chi connectivity index (χ1v) is 10.8. The maximum absolute atomic E-state index is 13.6. The summed E-state index contributed by atoms with van der Waals surface area (Å²) in [4.78, 5) is -0.00168. The molecule has 0 radical (unpaired) electrons. The van der Waals surface area contributed by atoms with Gasteiger partial charge in [-0.15, -0.1) is 0 Å². The molecule has 0 fully saturated rings. The minimum atomic E-state index is -4.01. The van der Waals surface area contributed by atoms with Crippen LogP contribution in [0.25, 0.3) is 0 Å². The van der Waals surface area contributed by atoms with Crippen molar-refractivity contribution < 1.29 is 22.3 Å². The van der Waals surface area contributed by atoms with E-state index in [0.717, 1.165) is 23.3 Å². The second-order valence-electron chi connectivity index (χ2n) is 6.88. The van der Waals surface area contributed by atoms with Gasteiger partial charge in [0.15, 0.2) is 11.5 Å². The van der Waals surface area contributed by atoms with E-state index >= 15 is 0 Å². The molecule has 0 aliphatic rings. The summed E-state index contributed by atoms with van der Waals surface area (Å²) in [6.07, 6.45) is 0. The van der Waals surface area contributed by atoms with Gasteiger partial charge in [-0.2, -0.15) is 0 Å². The molecular weight excluding hydrogens is 405 g/mol. The number of ether oxygens (including phenoxy) is 2. The lowest BCUT2D eigenvalue weighted by Gasteiger charge is -2.31. The summed E-state index contributed by atoms with van der Waals surface area (Å²) in [6, 6.07) is 16.9. The van der Waals surface area contributed by atoms with E-state index in [-0.39, 0.29) is 4.90 Å². The van der Waals surface area contributed by atoms with Crippen LogP contribution in [-0.4, -0.2) is 22.6 Å². The van der Waals surface area contributed by atoms with Gasteiger partial charge in [0, 0.05) is 6.07 Å². The Morgan fingerprint density at radius 2 is 1.57 bits per heavy atom. The summed E-state index contributed by atoms with van der Waals surface area (Å²) in [5.41, 5.74) is 2.26.